The lowest BCUT2D eigenvalue weighted by Gasteiger charge is -2.10. The SMILES string of the molecule is Nc1ccc(SCCOc2c(Cl)cccc2Cl)c(Cl)c1. The van der Waals surface area contributed by atoms with E-state index >= 15 is 0 Å². The highest BCUT2D eigenvalue weighted by Gasteiger charge is 2.07. The van der Waals surface area contributed by atoms with Gasteiger partial charge in [0, 0.05) is 16.3 Å². The highest BCUT2D eigenvalue weighted by molar-refractivity contribution is 7.99. The van der Waals surface area contributed by atoms with Crippen molar-refractivity contribution in [2.45, 2.75) is 4.90 Å². The first-order valence-corrected chi connectivity index (χ1v) is 7.94. The first-order valence-electron chi connectivity index (χ1n) is 5.82. The van der Waals surface area contributed by atoms with E-state index in [1.165, 1.54) is 0 Å². The summed E-state index contributed by atoms with van der Waals surface area (Å²) in [5.41, 5.74) is 6.30. The second-order valence-corrected chi connectivity index (χ2v) is 6.30. The summed E-state index contributed by atoms with van der Waals surface area (Å²) in [6.45, 7) is 0.481. The number of hydrogen-bond donors (Lipinski definition) is 1. The van der Waals surface area contributed by atoms with Crippen LogP contribution in [-0.2, 0) is 0 Å². The summed E-state index contributed by atoms with van der Waals surface area (Å²) in [5, 5.41) is 1.66. The molecule has 6 heteroatoms. The van der Waals surface area contributed by atoms with Gasteiger partial charge in [-0.3, -0.25) is 0 Å². The van der Waals surface area contributed by atoms with Gasteiger partial charge in [-0.1, -0.05) is 40.9 Å². The van der Waals surface area contributed by atoms with Crippen molar-refractivity contribution in [3.05, 3.63) is 51.5 Å². The molecule has 0 saturated heterocycles. The largest absolute Gasteiger partial charge is 0.490 e. The van der Waals surface area contributed by atoms with Gasteiger partial charge in [0.15, 0.2) is 5.75 Å². The molecular formula is C14H12Cl3NOS. The van der Waals surface area contributed by atoms with Crippen molar-refractivity contribution in [3.8, 4) is 5.75 Å². The van der Waals surface area contributed by atoms with Gasteiger partial charge in [-0.05, 0) is 30.3 Å². The number of nitrogen functional groups attached to an aromatic ring is 1. The van der Waals surface area contributed by atoms with Gasteiger partial charge in [-0.2, -0.15) is 0 Å². The number of rotatable bonds is 5. The molecule has 2 nitrogen and oxygen atoms in total. The molecule has 0 radical (unpaired) electrons. The zero-order valence-electron chi connectivity index (χ0n) is 10.4. The van der Waals surface area contributed by atoms with Crippen LogP contribution in [0.1, 0.15) is 0 Å². The number of nitrogens with two attached hydrogens (primary N) is 1. The summed E-state index contributed by atoms with van der Waals surface area (Å²) < 4.78 is 5.60. The van der Waals surface area contributed by atoms with Crippen LogP contribution in [0.5, 0.6) is 5.75 Å². The summed E-state index contributed by atoms with van der Waals surface area (Å²) >= 11 is 19.7. The van der Waals surface area contributed by atoms with Gasteiger partial charge >= 0.3 is 0 Å². The number of para-hydroxylation sites is 1. The van der Waals surface area contributed by atoms with Crippen molar-refractivity contribution in [1.29, 1.82) is 0 Å². The van der Waals surface area contributed by atoms with Crippen molar-refractivity contribution in [1.82, 2.24) is 0 Å². The molecule has 2 rings (SSSR count). The first-order chi connectivity index (χ1) is 9.58. The van der Waals surface area contributed by atoms with E-state index in [0.717, 1.165) is 10.6 Å². The Morgan fingerprint density at radius 2 is 1.70 bits per heavy atom. The van der Waals surface area contributed by atoms with Crippen LogP contribution in [0.15, 0.2) is 41.3 Å². The highest BCUT2D eigenvalue weighted by Crippen LogP contribution is 2.33. The van der Waals surface area contributed by atoms with E-state index in [1.54, 1.807) is 36.0 Å². The number of benzene rings is 2. The second kappa shape index (κ2) is 7.32. The molecule has 0 amide bonds. The van der Waals surface area contributed by atoms with E-state index in [2.05, 4.69) is 0 Å². The number of hydrogen-bond acceptors (Lipinski definition) is 3. The van der Waals surface area contributed by atoms with E-state index in [4.69, 9.17) is 45.3 Å². The Balaban J connectivity index is 1.88. The summed E-state index contributed by atoms with van der Waals surface area (Å²) in [7, 11) is 0. The Morgan fingerprint density at radius 3 is 2.35 bits per heavy atom. The minimum atomic E-state index is 0.481. The Bertz CT molecular complexity index is 587. The third-order valence-electron chi connectivity index (χ3n) is 2.46. The molecule has 0 atom stereocenters. The zero-order chi connectivity index (χ0) is 14.5. The van der Waals surface area contributed by atoms with Crippen molar-refractivity contribution < 1.29 is 4.74 Å². The molecule has 0 fully saturated rings. The Morgan fingerprint density at radius 1 is 1.00 bits per heavy atom. The van der Waals surface area contributed by atoms with Crippen molar-refractivity contribution in [2.75, 3.05) is 18.1 Å². The van der Waals surface area contributed by atoms with Gasteiger partial charge < -0.3 is 10.5 Å². The van der Waals surface area contributed by atoms with Gasteiger partial charge in [-0.25, -0.2) is 0 Å². The topological polar surface area (TPSA) is 35.2 Å². The molecule has 0 spiro atoms. The van der Waals surface area contributed by atoms with E-state index in [-0.39, 0.29) is 0 Å². The molecular weight excluding hydrogens is 337 g/mol. The van der Waals surface area contributed by atoms with E-state index in [1.807, 2.05) is 12.1 Å². The average Bonchev–Trinajstić information content (AvgIpc) is 2.39. The Hall–Kier alpha value is -0.740. The molecule has 0 bridgehead atoms. The van der Waals surface area contributed by atoms with Crippen molar-refractivity contribution >= 4 is 52.3 Å². The van der Waals surface area contributed by atoms with Crippen LogP contribution < -0.4 is 10.5 Å². The summed E-state index contributed by atoms with van der Waals surface area (Å²) in [6.07, 6.45) is 0. The molecule has 0 saturated carbocycles. The fourth-order valence-electron chi connectivity index (χ4n) is 1.55. The first kappa shape index (κ1) is 15.6. The van der Waals surface area contributed by atoms with Crippen LogP contribution in [0.4, 0.5) is 5.69 Å². The third kappa shape index (κ3) is 4.13. The molecule has 0 aliphatic carbocycles. The lowest BCUT2D eigenvalue weighted by molar-refractivity contribution is 0.344. The number of halogens is 3. The predicted octanol–water partition coefficient (Wildman–Crippen LogP) is 5.40. The Labute approximate surface area is 137 Å². The van der Waals surface area contributed by atoms with Crippen LogP contribution in [0, 0.1) is 0 Å². The number of anilines is 1. The molecule has 0 aliphatic heterocycles. The predicted molar refractivity (Wildman–Crippen MR) is 88.5 cm³/mol. The quantitative estimate of drug-likeness (QED) is 0.446. The molecule has 0 aliphatic rings. The lowest BCUT2D eigenvalue weighted by atomic mass is 10.3. The van der Waals surface area contributed by atoms with Gasteiger partial charge in [-0.15, -0.1) is 11.8 Å². The van der Waals surface area contributed by atoms with E-state index in [0.29, 0.717) is 33.1 Å². The fourth-order valence-corrected chi connectivity index (χ4v) is 3.16. The normalized spacial score (nSPS) is 10.6. The molecule has 0 aromatic heterocycles. The van der Waals surface area contributed by atoms with Crippen molar-refractivity contribution in [2.24, 2.45) is 0 Å². The maximum Gasteiger partial charge on any atom is 0.156 e. The third-order valence-corrected chi connectivity index (χ3v) is 4.52. The van der Waals surface area contributed by atoms with Gasteiger partial charge in [0.2, 0.25) is 0 Å². The number of thioether (sulfide) groups is 1. The molecule has 20 heavy (non-hydrogen) atoms. The van der Waals surface area contributed by atoms with Crippen LogP contribution in [0.3, 0.4) is 0 Å². The standard InChI is InChI=1S/C14H12Cl3NOS/c15-10-2-1-3-11(16)14(10)19-6-7-20-13-5-4-9(18)8-12(13)17/h1-5,8H,6-7,18H2. The highest BCUT2D eigenvalue weighted by atomic mass is 35.5. The van der Waals surface area contributed by atoms with Crippen molar-refractivity contribution in [3.63, 3.8) is 0 Å². The summed E-state index contributed by atoms with van der Waals surface area (Å²) in [5.74, 6) is 1.24. The summed E-state index contributed by atoms with van der Waals surface area (Å²) in [4.78, 5) is 0.967. The minimum Gasteiger partial charge on any atom is -0.490 e. The van der Waals surface area contributed by atoms with E-state index < -0.39 is 0 Å². The molecule has 0 heterocycles. The van der Waals surface area contributed by atoms with Gasteiger partial charge in [0.05, 0.1) is 21.7 Å². The zero-order valence-corrected chi connectivity index (χ0v) is 13.5. The van der Waals surface area contributed by atoms with Crippen LogP contribution in [0.2, 0.25) is 15.1 Å². The minimum absolute atomic E-state index is 0.481. The summed E-state index contributed by atoms with van der Waals surface area (Å²) in [6, 6.07) is 10.7. The average molecular weight is 349 g/mol. The van der Waals surface area contributed by atoms with Gasteiger partial charge in [0.1, 0.15) is 0 Å². The van der Waals surface area contributed by atoms with Crippen LogP contribution in [-0.4, -0.2) is 12.4 Å². The van der Waals surface area contributed by atoms with Crippen LogP contribution in [0.25, 0.3) is 0 Å². The molecule has 2 N–H and O–H groups in total. The molecule has 106 valence electrons. The maximum atomic E-state index is 6.09. The molecule has 2 aromatic carbocycles. The fraction of sp³-hybridized carbons (Fsp3) is 0.143. The lowest BCUT2D eigenvalue weighted by Crippen LogP contribution is -2.01. The second-order valence-electron chi connectivity index (χ2n) is 3.94. The van der Waals surface area contributed by atoms with E-state index in [9.17, 15) is 0 Å². The van der Waals surface area contributed by atoms with Gasteiger partial charge in [0.25, 0.3) is 0 Å². The smallest absolute Gasteiger partial charge is 0.156 e. The Kier molecular flexibility index (Phi) is 5.73. The molecule has 0 unspecified atom stereocenters. The number of ether oxygens (including phenoxy) is 1. The monoisotopic (exact) mass is 347 g/mol. The maximum absolute atomic E-state index is 6.09. The van der Waals surface area contributed by atoms with Crippen LogP contribution >= 0.6 is 46.6 Å². The molecule has 2 aromatic rings.